The maximum Gasteiger partial charge on any atom is 0.236 e. The van der Waals surface area contributed by atoms with E-state index in [1.54, 1.807) is 6.20 Å². The van der Waals surface area contributed by atoms with Crippen molar-refractivity contribution >= 4 is 45.8 Å². The summed E-state index contributed by atoms with van der Waals surface area (Å²) in [5.74, 6) is 1.01. The van der Waals surface area contributed by atoms with E-state index in [1.165, 1.54) is 28.7 Å². The van der Waals surface area contributed by atoms with Gasteiger partial charge in [0.25, 0.3) is 0 Å². The summed E-state index contributed by atoms with van der Waals surface area (Å²) in [6.45, 7) is 3.74. The smallest absolute Gasteiger partial charge is 0.236 e. The van der Waals surface area contributed by atoms with E-state index in [2.05, 4.69) is 61.2 Å². The highest BCUT2D eigenvalue weighted by atomic mass is 32.2. The molecule has 0 bridgehead atoms. The van der Waals surface area contributed by atoms with Crippen LogP contribution in [0.15, 0.2) is 41.0 Å². The van der Waals surface area contributed by atoms with Crippen molar-refractivity contribution in [2.45, 2.75) is 18.6 Å². The van der Waals surface area contributed by atoms with Crippen LogP contribution in [0.1, 0.15) is 5.56 Å². The number of thiazole rings is 1. The SMILES string of the molecule is Cc1ccc(N2CCn3c(SCC(=O)Nc4nccs4)nnc32)cc1. The van der Waals surface area contributed by atoms with Gasteiger partial charge in [-0.1, -0.05) is 29.5 Å². The summed E-state index contributed by atoms with van der Waals surface area (Å²) in [5.41, 5.74) is 2.33. The third-order valence-corrected chi connectivity index (χ3v) is 5.50. The summed E-state index contributed by atoms with van der Waals surface area (Å²) in [6.07, 6.45) is 1.67. The Bertz CT molecular complexity index is 875. The third kappa shape index (κ3) is 3.38. The Labute approximate surface area is 153 Å². The van der Waals surface area contributed by atoms with Crippen LogP contribution in [0.25, 0.3) is 0 Å². The summed E-state index contributed by atoms with van der Waals surface area (Å²) < 4.78 is 2.06. The quantitative estimate of drug-likeness (QED) is 0.694. The molecule has 0 unspecified atom stereocenters. The lowest BCUT2D eigenvalue weighted by atomic mass is 10.2. The van der Waals surface area contributed by atoms with E-state index >= 15 is 0 Å². The first-order chi connectivity index (χ1) is 12.2. The van der Waals surface area contributed by atoms with E-state index in [0.29, 0.717) is 5.13 Å². The van der Waals surface area contributed by atoms with Gasteiger partial charge < -0.3 is 10.2 Å². The fourth-order valence-electron chi connectivity index (χ4n) is 2.62. The lowest BCUT2D eigenvalue weighted by molar-refractivity contribution is -0.113. The number of hydrogen-bond acceptors (Lipinski definition) is 7. The molecule has 3 aromatic rings. The number of thioether (sulfide) groups is 1. The molecular formula is C16H16N6OS2. The van der Waals surface area contributed by atoms with Crippen LogP contribution in [0.2, 0.25) is 0 Å². The van der Waals surface area contributed by atoms with E-state index in [-0.39, 0.29) is 11.7 Å². The Morgan fingerprint density at radius 3 is 2.88 bits per heavy atom. The minimum absolute atomic E-state index is 0.0920. The number of amides is 1. The average molecular weight is 372 g/mol. The zero-order valence-corrected chi connectivity index (χ0v) is 15.2. The topological polar surface area (TPSA) is 75.9 Å². The largest absolute Gasteiger partial charge is 0.309 e. The molecule has 0 saturated carbocycles. The molecule has 7 nitrogen and oxygen atoms in total. The first-order valence-corrected chi connectivity index (χ1v) is 9.67. The highest BCUT2D eigenvalue weighted by molar-refractivity contribution is 7.99. The predicted molar refractivity (Wildman–Crippen MR) is 99.7 cm³/mol. The van der Waals surface area contributed by atoms with Crippen molar-refractivity contribution in [1.82, 2.24) is 19.7 Å². The third-order valence-electron chi connectivity index (χ3n) is 3.84. The van der Waals surface area contributed by atoms with Crippen molar-refractivity contribution in [2.24, 2.45) is 0 Å². The van der Waals surface area contributed by atoms with E-state index in [0.717, 1.165) is 29.9 Å². The molecule has 1 N–H and O–H groups in total. The molecule has 128 valence electrons. The molecule has 0 radical (unpaired) electrons. The highest BCUT2D eigenvalue weighted by Crippen LogP contribution is 2.32. The van der Waals surface area contributed by atoms with Crippen LogP contribution in [-0.2, 0) is 11.3 Å². The second-order valence-electron chi connectivity index (χ2n) is 5.60. The summed E-state index contributed by atoms with van der Waals surface area (Å²) >= 11 is 2.79. The van der Waals surface area contributed by atoms with Crippen molar-refractivity contribution in [3.63, 3.8) is 0 Å². The van der Waals surface area contributed by atoms with Crippen LogP contribution in [0, 0.1) is 6.92 Å². The molecule has 0 atom stereocenters. The molecule has 0 saturated heterocycles. The highest BCUT2D eigenvalue weighted by Gasteiger charge is 2.26. The van der Waals surface area contributed by atoms with Crippen molar-refractivity contribution < 1.29 is 4.79 Å². The molecule has 1 amide bonds. The Hall–Kier alpha value is -2.39. The van der Waals surface area contributed by atoms with Crippen LogP contribution in [-0.4, -0.2) is 38.0 Å². The van der Waals surface area contributed by atoms with E-state index in [1.807, 2.05) is 5.38 Å². The number of nitrogens with zero attached hydrogens (tertiary/aromatic N) is 5. The summed E-state index contributed by atoms with van der Waals surface area (Å²) in [4.78, 5) is 18.2. The van der Waals surface area contributed by atoms with E-state index < -0.39 is 0 Å². The number of benzene rings is 1. The van der Waals surface area contributed by atoms with Gasteiger partial charge in [-0.2, -0.15) is 0 Å². The number of aryl methyl sites for hydroxylation is 1. The Morgan fingerprint density at radius 1 is 1.28 bits per heavy atom. The minimum atomic E-state index is -0.0920. The molecule has 2 aromatic heterocycles. The molecule has 25 heavy (non-hydrogen) atoms. The van der Waals surface area contributed by atoms with Gasteiger partial charge in [0.2, 0.25) is 11.9 Å². The van der Waals surface area contributed by atoms with Gasteiger partial charge in [0.05, 0.1) is 5.75 Å². The van der Waals surface area contributed by atoms with Crippen LogP contribution < -0.4 is 10.2 Å². The second kappa shape index (κ2) is 6.85. The number of carbonyl (C=O) groups is 1. The Kier molecular flexibility index (Phi) is 4.41. The normalized spacial score (nSPS) is 13.1. The molecule has 1 aliphatic heterocycles. The number of fused-ring (bicyclic) bond motifs is 1. The second-order valence-corrected chi connectivity index (χ2v) is 7.43. The van der Waals surface area contributed by atoms with Gasteiger partial charge in [-0.3, -0.25) is 9.36 Å². The molecule has 9 heteroatoms. The molecule has 0 aliphatic carbocycles. The lowest BCUT2D eigenvalue weighted by Crippen LogP contribution is -2.14. The zero-order chi connectivity index (χ0) is 17.2. The lowest BCUT2D eigenvalue weighted by Gasteiger charge is -2.15. The average Bonchev–Trinajstić information content (AvgIpc) is 3.32. The van der Waals surface area contributed by atoms with Crippen molar-refractivity contribution in [1.29, 1.82) is 0 Å². The molecule has 0 fully saturated rings. The van der Waals surface area contributed by atoms with E-state index in [4.69, 9.17) is 0 Å². The van der Waals surface area contributed by atoms with Crippen molar-refractivity contribution in [3.8, 4) is 0 Å². The van der Waals surface area contributed by atoms with Crippen LogP contribution in [0.3, 0.4) is 0 Å². The van der Waals surface area contributed by atoms with Gasteiger partial charge in [-0.05, 0) is 19.1 Å². The zero-order valence-electron chi connectivity index (χ0n) is 13.5. The number of nitrogens with one attached hydrogen (secondary N) is 1. The standard InChI is InChI=1S/C16H16N6OS2/c1-11-2-4-12(5-3-11)21-7-8-22-15(21)19-20-16(22)25-10-13(23)18-14-17-6-9-24-14/h2-6,9H,7-8,10H2,1H3,(H,17,18,23). The summed E-state index contributed by atoms with van der Waals surface area (Å²) in [7, 11) is 0. The minimum Gasteiger partial charge on any atom is -0.309 e. The summed E-state index contributed by atoms with van der Waals surface area (Å²) in [5, 5.41) is 14.5. The van der Waals surface area contributed by atoms with Crippen molar-refractivity contribution in [2.75, 3.05) is 22.5 Å². The fraction of sp³-hybridized carbons (Fsp3) is 0.250. The van der Waals surface area contributed by atoms with Crippen LogP contribution in [0.5, 0.6) is 0 Å². The Balaban J connectivity index is 1.43. The van der Waals surface area contributed by atoms with Crippen LogP contribution >= 0.6 is 23.1 Å². The molecule has 4 rings (SSSR count). The number of anilines is 3. The number of carbonyl (C=O) groups excluding carboxylic acids is 1. The number of aromatic nitrogens is 4. The van der Waals surface area contributed by atoms with Crippen molar-refractivity contribution in [3.05, 3.63) is 41.4 Å². The number of hydrogen-bond donors (Lipinski definition) is 1. The predicted octanol–water partition coefficient (Wildman–Crippen LogP) is 2.93. The first-order valence-electron chi connectivity index (χ1n) is 7.80. The van der Waals surface area contributed by atoms with Gasteiger partial charge >= 0.3 is 0 Å². The molecule has 3 heterocycles. The van der Waals surface area contributed by atoms with Gasteiger partial charge in [0.15, 0.2) is 10.3 Å². The fourth-order valence-corrected chi connectivity index (χ4v) is 3.93. The van der Waals surface area contributed by atoms with E-state index in [9.17, 15) is 4.79 Å². The van der Waals surface area contributed by atoms with Gasteiger partial charge in [0.1, 0.15) is 0 Å². The maximum absolute atomic E-state index is 12.0. The molecular weight excluding hydrogens is 356 g/mol. The van der Waals surface area contributed by atoms with Gasteiger partial charge in [-0.25, -0.2) is 4.98 Å². The number of rotatable bonds is 5. The summed E-state index contributed by atoms with van der Waals surface area (Å²) in [6, 6.07) is 8.36. The molecule has 1 aromatic carbocycles. The van der Waals surface area contributed by atoms with Gasteiger partial charge in [0, 0.05) is 30.4 Å². The molecule has 0 spiro atoms. The Morgan fingerprint density at radius 2 is 2.12 bits per heavy atom. The monoisotopic (exact) mass is 372 g/mol. The molecule has 1 aliphatic rings. The maximum atomic E-state index is 12.0. The first kappa shape index (κ1) is 16.1. The van der Waals surface area contributed by atoms with Gasteiger partial charge in [-0.15, -0.1) is 21.5 Å². The van der Waals surface area contributed by atoms with Crippen LogP contribution in [0.4, 0.5) is 16.8 Å².